The number of nitrogens with one attached hydrogen (secondary N) is 1. The minimum atomic E-state index is -0.248. The van der Waals surface area contributed by atoms with Gasteiger partial charge in [0, 0.05) is 23.5 Å². The van der Waals surface area contributed by atoms with Crippen LogP contribution in [0.25, 0.3) is 5.78 Å². The molecule has 2 aromatic heterocycles. The van der Waals surface area contributed by atoms with Crippen molar-refractivity contribution in [2.45, 2.75) is 52.5 Å². The molecular formula is C17H26N6O. The van der Waals surface area contributed by atoms with Gasteiger partial charge in [-0.15, -0.1) is 5.10 Å². The monoisotopic (exact) mass is 330 g/mol. The number of piperidine rings is 1. The Morgan fingerprint density at radius 3 is 2.62 bits per heavy atom. The molecule has 0 unspecified atom stereocenters. The second-order valence-corrected chi connectivity index (χ2v) is 7.23. The predicted octanol–water partition coefficient (Wildman–Crippen LogP) is 1.74. The quantitative estimate of drug-likeness (QED) is 0.924. The maximum atomic E-state index is 12.4. The predicted molar refractivity (Wildman–Crippen MR) is 92.1 cm³/mol. The SMILES string of the molecule is Cc1cc(C)n2nc(C(=O)NCC(C)(C)N3CCCCC3)nc2n1. The molecule has 0 bridgehead atoms. The number of likely N-dealkylation sites (tertiary alicyclic amines) is 1. The van der Waals surface area contributed by atoms with E-state index in [2.05, 4.69) is 39.1 Å². The van der Waals surface area contributed by atoms with Crippen molar-refractivity contribution in [2.75, 3.05) is 19.6 Å². The van der Waals surface area contributed by atoms with E-state index in [1.54, 1.807) is 4.52 Å². The fourth-order valence-electron chi connectivity index (χ4n) is 3.25. The van der Waals surface area contributed by atoms with Gasteiger partial charge in [0.1, 0.15) is 0 Å². The van der Waals surface area contributed by atoms with Gasteiger partial charge in [0.05, 0.1) is 0 Å². The molecule has 0 aromatic carbocycles. The third-order valence-corrected chi connectivity index (χ3v) is 4.72. The van der Waals surface area contributed by atoms with E-state index >= 15 is 0 Å². The van der Waals surface area contributed by atoms with Crippen LogP contribution >= 0.6 is 0 Å². The maximum Gasteiger partial charge on any atom is 0.291 e. The highest BCUT2D eigenvalue weighted by molar-refractivity contribution is 5.90. The Morgan fingerprint density at radius 2 is 1.92 bits per heavy atom. The molecule has 1 aliphatic heterocycles. The number of rotatable bonds is 4. The second kappa shape index (κ2) is 6.47. The molecule has 7 heteroatoms. The third kappa shape index (κ3) is 3.40. The Labute approximate surface area is 142 Å². The number of hydrogen-bond donors (Lipinski definition) is 1. The summed E-state index contributed by atoms with van der Waals surface area (Å²) in [5.41, 5.74) is 1.71. The molecule has 1 aliphatic rings. The van der Waals surface area contributed by atoms with Crippen molar-refractivity contribution in [3.05, 3.63) is 23.3 Å². The van der Waals surface area contributed by atoms with E-state index in [-0.39, 0.29) is 17.3 Å². The lowest BCUT2D eigenvalue weighted by atomic mass is 9.98. The normalized spacial score (nSPS) is 16.5. The van der Waals surface area contributed by atoms with Crippen LogP contribution in [-0.4, -0.2) is 55.6 Å². The first-order valence-electron chi connectivity index (χ1n) is 8.61. The van der Waals surface area contributed by atoms with E-state index in [4.69, 9.17) is 0 Å². The zero-order chi connectivity index (χ0) is 17.3. The molecular weight excluding hydrogens is 304 g/mol. The first kappa shape index (κ1) is 16.8. The van der Waals surface area contributed by atoms with Crippen LogP contribution in [0.2, 0.25) is 0 Å². The Balaban J connectivity index is 1.69. The maximum absolute atomic E-state index is 12.4. The Hall–Kier alpha value is -2.02. The number of nitrogens with zero attached hydrogens (tertiary/aromatic N) is 5. The number of hydrogen-bond acceptors (Lipinski definition) is 5. The van der Waals surface area contributed by atoms with E-state index in [0.717, 1.165) is 24.5 Å². The van der Waals surface area contributed by atoms with E-state index in [1.807, 2.05) is 19.9 Å². The average molecular weight is 330 g/mol. The van der Waals surface area contributed by atoms with Gasteiger partial charge in [-0.1, -0.05) is 6.42 Å². The number of fused-ring (bicyclic) bond motifs is 1. The van der Waals surface area contributed by atoms with Gasteiger partial charge in [-0.05, 0) is 59.7 Å². The number of aromatic nitrogens is 4. The van der Waals surface area contributed by atoms with Gasteiger partial charge in [-0.25, -0.2) is 9.50 Å². The van der Waals surface area contributed by atoms with E-state index < -0.39 is 0 Å². The van der Waals surface area contributed by atoms with Crippen LogP contribution in [0.3, 0.4) is 0 Å². The van der Waals surface area contributed by atoms with E-state index in [0.29, 0.717) is 12.3 Å². The molecule has 1 N–H and O–H groups in total. The van der Waals surface area contributed by atoms with Crippen LogP contribution in [0.15, 0.2) is 6.07 Å². The van der Waals surface area contributed by atoms with Crippen LogP contribution in [0, 0.1) is 13.8 Å². The summed E-state index contributed by atoms with van der Waals surface area (Å²) < 4.78 is 1.61. The molecule has 2 aromatic rings. The number of carbonyl (C=O) groups is 1. The molecule has 0 spiro atoms. The molecule has 0 radical (unpaired) electrons. The van der Waals surface area contributed by atoms with Crippen molar-refractivity contribution in [3.63, 3.8) is 0 Å². The van der Waals surface area contributed by atoms with Crippen LogP contribution in [-0.2, 0) is 0 Å². The summed E-state index contributed by atoms with van der Waals surface area (Å²) in [7, 11) is 0. The largest absolute Gasteiger partial charge is 0.347 e. The minimum absolute atomic E-state index is 0.0695. The smallest absolute Gasteiger partial charge is 0.291 e. The van der Waals surface area contributed by atoms with Gasteiger partial charge in [-0.2, -0.15) is 4.98 Å². The zero-order valence-corrected chi connectivity index (χ0v) is 15.0. The van der Waals surface area contributed by atoms with Gasteiger partial charge >= 0.3 is 0 Å². The van der Waals surface area contributed by atoms with Crippen molar-refractivity contribution in [2.24, 2.45) is 0 Å². The highest BCUT2D eigenvalue weighted by Crippen LogP contribution is 2.19. The summed E-state index contributed by atoms with van der Waals surface area (Å²) in [6.07, 6.45) is 3.77. The van der Waals surface area contributed by atoms with Gasteiger partial charge in [-0.3, -0.25) is 9.69 Å². The summed E-state index contributed by atoms with van der Waals surface area (Å²) in [6, 6.07) is 1.92. The molecule has 0 aliphatic carbocycles. The number of carbonyl (C=O) groups excluding carboxylic acids is 1. The lowest BCUT2D eigenvalue weighted by molar-refractivity contribution is 0.0791. The molecule has 24 heavy (non-hydrogen) atoms. The van der Waals surface area contributed by atoms with Gasteiger partial charge in [0.2, 0.25) is 5.82 Å². The summed E-state index contributed by atoms with van der Waals surface area (Å²) >= 11 is 0. The van der Waals surface area contributed by atoms with Crippen LogP contribution in [0.5, 0.6) is 0 Å². The Kier molecular flexibility index (Phi) is 4.54. The zero-order valence-electron chi connectivity index (χ0n) is 15.0. The first-order valence-corrected chi connectivity index (χ1v) is 8.61. The second-order valence-electron chi connectivity index (χ2n) is 7.23. The summed E-state index contributed by atoms with van der Waals surface area (Å²) in [6.45, 7) is 10.9. The molecule has 1 saturated heterocycles. The van der Waals surface area contributed by atoms with E-state index in [9.17, 15) is 4.79 Å². The van der Waals surface area contributed by atoms with Crippen molar-refractivity contribution >= 4 is 11.7 Å². The molecule has 130 valence electrons. The fourth-order valence-corrected chi connectivity index (χ4v) is 3.25. The molecule has 3 rings (SSSR count). The van der Waals surface area contributed by atoms with Crippen molar-refractivity contribution in [1.82, 2.24) is 29.8 Å². The highest BCUT2D eigenvalue weighted by atomic mass is 16.2. The standard InChI is InChI=1S/C17H26N6O/c1-12-10-13(2)23-16(19-12)20-14(21-23)15(24)18-11-17(3,4)22-8-6-5-7-9-22/h10H,5-9,11H2,1-4H3,(H,18,24). The highest BCUT2D eigenvalue weighted by Gasteiger charge is 2.29. The van der Waals surface area contributed by atoms with Crippen LogP contribution in [0.1, 0.15) is 55.1 Å². The van der Waals surface area contributed by atoms with Crippen molar-refractivity contribution in [1.29, 1.82) is 0 Å². The van der Waals surface area contributed by atoms with Gasteiger partial charge in [0.15, 0.2) is 0 Å². The number of amides is 1. The summed E-state index contributed by atoms with van der Waals surface area (Å²) in [4.78, 5) is 23.5. The summed E-state index contributed by atoms with van der Waals surface area (Å²) in [5, 5.41) is 7.27. The molecule has 1 amide bonds. The molecule has 0 atom stereocenters. The molecule has 0 saturated carbocycles. The summed E-state index contributed by atoms with van der Waals surface area (Å²) in [5.74, 6) is 0.390. The molecule has 3 heterocycles. The van der Waals surface area contributed by atoms with E-state index in [1.165, 1.54) is 19.3 Å². The van der Waals surface area contributed by atoms with Gasteiger partial charge in [0.25, 0.3) is 11.7 Å². The lowest BCUT2D eigenvalue weighted by Gasteiger charge is -2.41. The topological polar surface area (TPSA) is 75.4 Å². The first-order chi connectivity index (χ1) is 11.4. The van der Waals surface area contributed by atoms with Crippen LogP contribution in [0.4, 0.5) is 0 Å². The Morgan fingerprint density at radius 1 is 1.21 bits per heavy atom. The van der Waals surface area contributed by atoms with Gasteiger partial charge < -0.3 is 5.32 Å². The Bertz CT molecular complexity index is 745. The van der Waals surface area contributed by atoms with Crippen molar-refractivity contribution in [3.8, 4) is 0 Å². The van der Waals surface area contributed by atoms with Crippen molar-refractivity contribution < 1.29 is 4.79 Å². The fraction of sp³-hybridized carbons (Fsp3) is 0.647. The number of aryl methyl sites for hydroxylation is 2. The van der Waals surface area contributed by atoms with Crippen LogP contribution < -0.4 is 5.32 Å². The third-order valence-electron chi connectivity index (χ3n) is 4.72. The molecule has 7 nitrogen and oxygen atoms in total. The average Bonchev–Trinajstić information content (AvgIpc) is 2.98. The molecule has 1 fully saturated rings. The lowest BCUT2D eigenvalue weighted by Crippen LogP contribution is -2.53. The minimum Gasteiger partial charge on any atom is -0.347 e.